The number of hydrogen-bond donors (Lipinski definition) is 2. The number of imide groups is 1. The van der Waals surface area contributed by atoms with E-state index in [0.717, 1.165) is 23.4 Å². The van der Waals surface area contributed by atoms with Gasteiger partial charge in [-0.1, -0.05) is 12.1 Å². The van der Waals surface area contributed by atoms with Crippen molar-refractivity contribution in [3.8, 4) is 22.8 Å². The molecule has 5 heterocycles. The van der Waals surface area contributed by atoms with Crippen molar-refractivity contribution in [3.05, 3.63) is 94.9 Å². The normalized spacial score (nSPS) is 16.3. The Kier molecular flexibility index (Phi) is 16.5. The first-order valence-corrected chi connectivity index (χ1v) is 21.6. The maximum Gasteiger partial charge on any atom is 0.416 e. The minimum Gasteiger partial charge on any atom is -0.491 e. The van der Waals surface area contributed by atoms with Crippen LogP contribution >= 0.6 is 0 Å². The highest BCUT2D eigenvalue weighted by atomic mass is 19.4. The summed E-state index contributed by atoms with van der Waals surface area (Å²) < 4.78 is 79.6. The number of pyridine rings is 2. The summed E-state index contributed by atoms with van der Waals surface area (Å²) in [6.45, 7) is 7.70. The number of alkyl halides is 3. The average Bonchev–Trinajstić information content (AvgIpc) is 3.64. The molecule has 20 heteroatoms. The number of halogens is 3. The second kappa shape index (κ2) is 22.8. The Labute approximate surface area is 378 Å². The van der Waals surface area contributed by atoms with Crippen molar-refractivity contribution in [1.29, 1.82) is 0 Å². The SMILES string of the molecule is Cc1ncc(NC(=O)c2cccc(C(F)(F)F)c2)cc1-c1cnc(OCCOCCOCCOCCOCCOc2ccc3c(c2)C(=O)N(C2CCC(=O)NC2=O)C3)c(N2CCOCC2)c1. The molecule has 0 spiro atoms. The van der Waals surface area contributed by atoms with Crippen molar-refractivity contribution in [2.24, 2.45) is 0 Å². The summed E-state index contributed by atoms with van der Waals surface area (Å²) in [6.07, 6.45) is -0.985. The number of nitrogens with zero attached hydrogens (tertiary/aromatic N) is 4. The molecule has 1 atom stereocenters. The van der Waals surface area contributed by atoms with Crippen LogP contribution in [0.1, 0.15) is 50.4 Å². The molecule has 0 bridgehead atoms. The van der Waals surface area contributed by atoms with Crippen molar-refractivity contribution in [2.75, 3.05) is 103 Å². The first-order valence-electron chi connectivity index (χ1n) is 21.6. The van der Waals surface area contributed by atoms with Crippen LogP contribution in [0.5, 0.6) is 11.6 Å². The predicted octanol–water partition coefficient (Wildman–Crippen LogP) is 4.84. The zero-order chi connectivity index (χ0) is 46.5. The van der Waals surface area contributed by atoms with Gasteiger partial charge in [-0.15, -0.1) is 0 Å². The van der Waals surface area contributed by atoms with E-state index in [2.05, 4.69) is 25.5 Å². The van der Waals surface area contributed by atoms with Crippen molar-refractivity contribution in [2.45, 2.75) is 38.5 Å². The number of nitrogens with one attached hydrogen (secondary N) is 2. The second-order valence-corrected chi connectivity index (χ2v) is 15.4. The van der Waals surface area contributed by atoms with E-state index in [1.54, 1.807) is 24.4 Å². The molecule has 1 unspecified atom stereocenters. The van der Waals surface area contributed by atoms with Crippen molar-refractivity contribution in [3.63, 3.8) is 0 Å². The summed E-state index contributed by atoms with van der Waals surface area (Å²) in [5, 5.41) is 4.96. The number of carbonyl (C=O) groups excluding carboxylic acids is 4. The Morgan fingerprint density at radius 3 is 2.18 bits per heavy atom. The number of morpholine rings is 1. The van der Waals surface area contributed by atoms with Gasteiger partial charge in [-0.05, 0) is 61.4 Å². The lowest BCUT2D eigenvalue weighted by atomic mass is 10.0. The zero-order valence-corrected chi connectivity index (χ0v) is 36.4. The highest BCUT2D eigenvalue weighted by Crippen LogP contribution is 2.35. The van der Waals surface area contributed by atoms with Crippen molar-refractivity contribution in [1.82, 2.24) is 20.2 Å². The molecule has 7 rings (SSSR count). The van der Waals surface area contributed by atoms with E-state index in [0.29, 0.717) is 125 Å². The highest BCUT2D eigenvalue weighted by molar-refractivity contribution is 6.06. The summed E-state index contributed by atoms with van der Waals surface area (Å²) >= 11 is 0. The first kappa shape index (κ1) is 47.8. The summed E-state index contributed by atoms with van der Waals surface area (Å²) in [5.74, 6) is -0.803. The van der Waals surface area contributed by atoms with E-state index in [9.17, 15) is 32.3 Å². The summed E-state index contributed by atoms with van der Waals surface area (Å²) in [6, 6.07) is 12.4. The van der Waals surface area contributed by atoms with E-state index in [1.807, 2.05) is 19.1 Å². The first-order chi connectivity index (χ1) is 31.9. The van der Waals surface area contributed by atoms with Crippen LogP contribution in [0.25, 0.3) is 11.1 Å². The smallest absolute Gasteiger partial charge is 0.416 e. The molecule has 0 radical (unpaired) electrons. The van der Waals surface area contributed by atoms with Gasteiger partial charge in [-0.2, -0.15) is 13.2 Å². The second-order valence-electron chi connectivity index (χ2n) is 15.4. The fraction of sp³-hybridized carbons (Fsp3) is 0.435. The lowest BCUT2D eigenvalue weighted by molar-refractivity contribution is -0.138. The molecule has 4 amide bonds. The third-order valence-electron chi connectivity index (χ3n) is 10.9. The summed E-state index contributed by atoms with van der Waals surface area (Å²) in [5.41, 5.74) is 3.32. The Bertz CT molecular complexity index is 2350. The molecule has 2 fully saturated rings. The van der Waals surface area contributed by atoms with E-state index in [-0.39, 0.29) is 43.6 Å². The molecule has 2 aromatic heterocycles. The molecular weight excluding hydrogens is 870 g/mol. The van der Waals surface area contributed by atoms with Crippen molar-refractivity contribution >= 4 is 35.0 Å². The number of benzene rings is 2. The standard InChI is InChI=1S/C46H51F3N6O11/c1-30-37(25-35(28-50-30)52-42(57)31-3-2-4-34(23-31)46(47,48)49)33-24-40(54-9-11-60-12-10-54)44(51-27-33)66-22-20-64-18-16-62-14-13-61-15-17-63-19-21-65-36-6-5-32-29-55(45(59)38(32)26-36)39-7-8-41(56)53-43(39)58/h2-6,23-28,39H,7-22,29H2,1H3,(H,52,57)(H,53,56,58). The molecule has 3 aliphatic rings. The molecular formula is C46H51F3N6O11. The van der Waals surface area contributed by atoms with E-state index >= 15 is 0 Å². The molecule has 4 aromatic rings. The molecule has 0 saturated carbocycles. The van der Waals surface area contributed by atoms with Gasteiger partial charge in [0.15, 0.2) is 0 Å². The van der Waals surface area contributed by atoms with Gasteiger partial charge in [0.1, 0.15) is 30.7 Å². The Hall–Kier alpha value is -6.19. The third-order valence-corrected chi connectivity index (χ3v) is 10.9. The Morgan fingerprint density at radius 1 is 0.818 bits per heavy atom. The maximum absolute atomic E-state index is 13.2. The number of amides is 4. The zero-order valence-electron chi connectivity index (χ0n) is 36.4. The number of aryl methyl sites for hydroxylation is 1. The van der Waals surface area contributed by atoms with E-state index in [4.69, 9.17) is 33.2 Å². The van der Waals surface area contributed by atoms with Gasteiger partial charge in [-0.3, -0.25) is 29.5 Å². The summed E-state index contributed by atoms with van der Waals surface area (Å²) in [4.78, 5) is 62.4. The average molecular weight is 921 g/mol. The van der Waals surface area contributed by atoms with Gasteiger partial charge in [0.05, 0.1) is 83.5 Å². The number of piperidine rings is 1. The topological polar surface area (TPSA) is 189 Å². The fourth-order valence-electron chi connectivity index (χ4n) is 7.46. The number of rotatable bonds is 22. The van der Waals surface area contributed by atoms with E-state index in [1.165, 1.54) is 23.2 Å². The van der Waals surface area contributed by atoms with Crippen LogP contribution in [0, 0.1) is 6.92 Å². The Morgan fingerprint density at radius 2 is 1.50 bits per heavy atom. The quantitative estimate of drug-likeness (QED) is 0.0805. The van der Waals surface area contributed by atoms with Crippen LogP contribution in [0.4, 0.5) is 24.5 Å². The van der Waals surface area contributed by atoms with Gasteiger partial charge in [0, 0.05) is 60.2 Å². The Balaban J connectivity index is 0.763. The predicted molar refractivity (Wildman–Crippen MR) is 231 cm³/mol. The summed E-state index contributed by atoms with van der Waals surface area (Å²) in [7, 11) is 0. The number of anilines is 2. The molecule has 2 aromatic carbocycles. The number of hydrogen-bond acceptors (Lipinski definition) is 14. The molecule has 3 aliphatic heterocycles. The van der Waals surface area contributed by atoms with Gasteiger partial charge in [0.25, 0.3) is 11.8 Å². The van der Waals surface area contributed by atoms with Crippen LogP contribution in [0.15, 0.2) is 67.0 Å². The monoisotopic (exact) mass is 920 g/mol. The minimum atomic E-state index is -4.58. The maximum atomic E-state index is 13.2. The van der Waals surface area contributed by atoms with Gasteiger partial charge in [0.2, 0.25) is 17.7 Å². The minimum absolute atomic E-state index is 0.134. The number of fused-ring (bicyclic) bond motifs is 1. The molecule has 2 saturated heterocycles. The van der Waals surface area contributed by atoms with Crippen LogP contribution in [-0.4, -0.2) is 137 Å². The largest absolute Gasteiger partial charge is 0.491 e. The number of aromatic nitrogens is 2. The highest BCUT2D eigenvalue weighted by Gasteiger charge is 2.39. The van der Waals surface area contributed by atoms with Gasteiger partial charge < -0.3 is 48.3 Å². The third kappa shape index (κ3) is 12.8. The molecule has 352 valence electrons. The molecule has 66 heavy (non-hydrogen) atoms. The molecule has 0 aliphatic carbocycles. The van der Waals surface area contributed by atoms with Gasteiger partial charge >= 0.3 is 6.18 Å². The van der Waals surface area contributed by atoms with Crippen LogP contribution in [-0.2, 0) is 46.0 Å². The van der Waals surface area contributed by atoms with Gasteiger partial charge in [-0.25, -0.2) is 4.98 Å². The lowest BCUT2D eigenvalue weighted by Crippen LogP contribution is -2.52. The lowest BCUT2D eigenvalue weighted by Gasteiger charge is -2.30. The fourth-order valence-corrected chi connectivity index (χ4v) is 7.46. The number of ether oxygens (including phenoxy) is 7. The van der Waals surface area contributed by atoms with Crippen LogP contribution in [0.2, 0.25) is 0 Å². The van der Waals surface area contributed by atoms with Crippen molar-refractivity contribution < 1.29 is 65.5 Å². The molecule has 2 N–H and O–H groups in total. The number of carbonyl (C=O) groups is 4. The van der Waals surface area contributed by atoms with Crippen LogP contribution < -0.4 is 25.0 Å². The van der Waals surface area contributed by atoms with Crippen LogP contribution in [0.3, 0.4) is 0 Å². The molecule has 17 nitrogen and oxygen atoms in total. The van der Waals surface area contributed by atoms with E-state index < -0.39 is 29.6 Å².